The van der Waals surface area contributed by atoms with Crippen LogP contribution in [0.25, 0.3) is 0 Å². The molecule has 9 heteroatoms. The molecule has 0 bridgehead atoms. The molecule has 0 aliphatic carbocycles. The smallest absolute Gasteiger partial charge is 0.242 e. The Kier molecular flexibility index (Phi) is 9.73. The van der Waals surface area contributed by atoms with Gasteiger partial charge in [0.05, 0.1) is 11.9 Å². The zero-order chi connectivity index (χ0) is 24.6. The third kappa shape index (κ3) is 8.05. The first-order valence-corrected chi connectivity index (χ1v) is 13.1. The molecular formula is C24H32ClN3O4S. The third-order valence-corrected chi connectivity index (χ3v) is 6.66. The van der Waals surface area contributed by atoms with E-state index < -0.39 is 16.1 Å². The minimum Gasteiger partial charge on any atom is -0.355 e. The Balaban J connectivity index is 2.14. The van der Waals surface area contributed by atoms with E-state index in [4.69, 9.17) is 11.6 Å². The van der Waals surface area contributed by atoms with Gasteiger partial charge in [0.25, 0.3) is 0 Å². The van der Waals surface area contributed by atoms with Crippen molar-refractivity contribution in [3.05, 3.63) is 64.7 Å². The van der Waals surface area contributed by atoms with Crippen LogP contribution in [0.1, 0.15) is 37.8 Å². The Morgan fingerprint density at radius 1 is 1.12 bits per heavy atom. The van der Waals surface area contributed by atoms with Crippen molar-refractivity contribution in [1.82, 2.24) is 10.2 Å². The van der Waals surface area contributed by atoms with E-state index in [1.165, 1.54) is 9.21 Å². The average Bonchev–Trinajstić information content (AvgIpc) is 2.74. The van der Waals surface area contributed by atoms with Crippen molar-refractivity contribution in [1.29, 1.82) is 0 Å². The van der Waals surface area contributed by atoms with Gasteiger partial charge in [-0.1, -0.05) is 41.4 Å². The maximum Gasteiger partial charge on any atom is 0.242 e. The number of halogens is 1. The van der Waals surface area contributed by atoms with Crippen molar-refractivity contribution in [2.45, 2.75) is 46.2 Å². The van der Waals surface area contributed by atoms with Crippen molar-refractivity contribution in [3.63, 3.8) is 0 Å². The van der Waals surface area contributed by atoms with E-state index in [0.29, 0.717) is 23.7 Å². The minimum atomic E-state index is -3.51. The molecule has 7 nitrogen and oxygen atoms in total. The highest BCUT2D eigenvalue weighted by molar-refractivity contribution is 7.92. The number of aryl methyl sites for hydroxylation is 1. The van der Waals surface area contributed by atoms with Crippen molar-refractivity contribution < 1.29 is 18.0 Å². The summed E-state index contributed by atoms with van der Waals surface area (Å²) in [5.74, 6) is -0.476. The predicted octanol–water partition coefficient (Wildman–Crippen LogP) is 3.75. The molecule has 0 fully saturated rings. The molecule has 0 heterocycles. The van der Waals surface area contributed by atoms with Crippen molar-refractivity contribution >= 4 is 39.1 Å². The summed E-state index contributed by atoms with van der Waals surface area (Å²) in [7, 11) is -3.51. The van der Waals surface area contributed by atoms with Crippen LogP contribution in [-0.4, -0.2) is 50.5 Å². The van der Waals surface area contributed by atoms with Gasteiger partial charge in [-0.05, 0) is 57.0 Å². The normalized spacial score (nSPS) is 12.2. The average molecular weight is 494 g/mol. The second-order valence-electron chi connectivity index (χ2n) is 8.00. The van der Waals surface area contributed by atoms with Gasteiger partial charge in [-0.2, -0.15) is 0 Å². The Bertz CT molecular complexity index is 1060. The van der Waals surface area contributed by atoms with Gasteiger partial charge in [0.2, 0.25) is 21.8 Å². The molecule has 2 aromatic rings. The number of sulfonamides is 1. The van der Waals surface area contributed by atoms with E-state index in [1.807, 2.05) is 32.0 Å². The maximum absolute atomic E-state index is 13.1. The summed E-state index contributed by atoms with van der Waals surface area (Å²) in [6, 6.07) is 13.7. The second-order valence-corrected chi connectivity index (χ2v) is 10.3. The fourth-order valence-corrected chi connectivity index (χ4v) is 4.63. The highest BCUT2D eigenvalue weighted by atomic mass is 35.5. The van der Waals surface area contributed by atoms with Crippen LogP contribution in [0.15, 0.2) is 48.5 Å². The summed E-state index contributed by atoms with van der Waals surface area (Å²) < 4.78 is 26.0. The van der Waals surface area contributed by atoms with Gasteiger partial charge in [-0.25, -0.2) is 8.42 Å². The van der Waals surface area contributed by atoms with Crippen LogP contribution in [0.3, 0.4) is 0 Å². The van der Waals surface area contributed by atoms with Crippen LogP contribution >= 0.6 is 11.6 Å². The molecule has 0 aliphatic heterocycles. The van der Waals surface area contributed by atoms with Crippen LogP contribution in [-0.2, 0) is 26.2 Å². The molecule has 2 rings (SSSR count). The van der Waals surface area contributed by atoms with E-state index in [9.17, 15) is 18.0 Å². The highest BCUT2D eigenvalue weighted by Gasteiger charge is 2.26. The van der Waals surface area contributed by atoms with Crippen molar-refractivity contribution in [3.8, 4) is 0 Å². The molecule has 0 spiro atoms. The summed E-state index contributed by atoms with van der Waals surface area (Å²) in [4.78, 5) is 27.1. The molecular weight excluding hydrogens is 462 g/mol. The van der Waals surface area contributed by atoms with E-state index >= 15 is 0 Å². The lowest BCUT2D eigenvalue weighted by Crippen LogP contribution is -2.47. The van der Waals surface area contributed by atoms with Gasteiger partial charge in [0.1, 0.15) is 6.04 Å². The number of amides is 2. The summed E-state index contributed by atoms with van der Waals surface area (Å²) in [6.07, 6.45) is 1.56. The fraction of sp³-hybridized carbons (Fsp3) is 0.417. The van der Waals surface area contributed by atoms with Gasteiger partial charge in [-0.15, -0.1) is 0 Å². The lowest BCUT2D eigenvalue weighted by Gasteiger charge is -2.29. The maximum atomic E-state index is 13.1. The largest absolute Gasteiger partial charge is 0.355 e. The summed E-state index contributed by atoms with van der Waals surface area (Å²) in [5.41, 5.74) is 2.39. The second kappa shape index (κ2) is 12.0. The third-order valence-electron chi connectivity index (χ3n) is 5.23. The lowest BCUT2D eigenvalue weighted by molar-refractivity contribution is -0.140. The van der Waals surface area contributed by atoms with Crippen LogP contribution in [0, 0.1) is 6.92 Å². The standard InChI is InChI=1S/C24H32ClN3O4S/c1-5-26-24(30)19(3)27(17-20-8-6-9-21(25)16-20)23(29)10-7-15-28(33(4,31)32)22-13-11-18(2)12-14-22/h6,8-9,11-14,16,19H,5,7,10,15,17H2,1-4H3,(H,26,30). The molecule has 0 saturated carbocycles. The Hall–Kier alpha value is -2.58. The molecule has 0 aliphatic rings. The van der Waals surface area contributed by atoms with E-state index in [2.05, 4.69) is 5.32 Å². The molecule has 0 saturated heterocycles. The van der Waals surface area contributed by atoms with Gasteiger partial charge >= 0.3 is 0 Å². The summed E-state index contributed by atoms with van der Waals surface area (Å²) in [5, 5.41) is 3.30. The van der Waals surface area contributed by atoms with Gasteiger partial charge in [-0.3, -0.25) is 13.9 Å². The highest BCUT2D eigenvalue weighted by Crippen LogP contribution is 2.20. The predicted molar refractivity (Wildman–Crippen MR) is 133 cm³/mol. The fourth-order valence-electron chi connectivity index (χ4n) is 3.45. The lowest BCUT2D eigenvalue weighted by atomic mass is 10.1. The molecule has 0 radical (unpaired) electrons. The number of nitrogens with one attached hydrogen (secondary N) is 1. The monoisotopic (exact) mass is 493 g/mol. The van der Waals surface area contributed by atoms with Gasteiger partial charge in [0, 0.05) is 31.1 Å². The van der Waals surface area contributed by atoms with Gasteiger partial charge in [0.15, 0.2) is 0 Å². The number of likely N-dealkylation sites (N-methyl/N-ethyl adjacent to an activating group) is 1. The first kappa shape index (κ1) is 26.7. The van der Waals surface area contributed by atoms with Crippen LogP contribution in [0.2, 0.25) is 5.02 Å². The van der Waals surface area contributed by atoms with Crippen molar-refractivity contribution in [2.75, 3.05) is 23.7 Å². The number of carbonyl (C=O) groups excluding carboxylic acids is 2. The number of benzene rings is 2. The SMILES string of the molecule is CCNC(=O)C(C)N(Cc1cccc(Cl)c1)C(=O)CCCN(c1ccc(C)cc1)S(C)(=O)=O. The molecule has 1 atom stereocenters. The first-order chi connectivity index (χ1) is 15.5. The Morgan fingerprint density at radius 2 is 1.79 bits per heavy atom. The van der Waals surface area contributed by atoms with E-state index in [-0.39, 0.29) is 31.3 Å². The molecule has 1 unspecified atom stereocenters. The zero-order valence-corrected chi connectivity index (χ0v) is 21.1. The van der Waals surface area contributed by atoms with Crippen LogP contribution in [0.4, 0.5) is 5.69 Å². The molecule has 33 heavy (non-hydrogen) atoms. The molecule has 2 amide bonds. The van der Waals surface area contributed by atoms with Crippen LogP contribution in [0.5, 0.6) is 0 Å². The Labute approximate surface area is 201 Å². The number of anilines is 1. The molecule has 180 valence electrons. The van der Waals surface area contributed by atoms with E-state index in [1.54, 1.807) is 37.3 Å². The van der Waals surface area contributed by atoms with Gasteiger partial charge < -0.3 is 10.2 Å². The van der Waals surface area contributed by atoms with Crippen LogP contribution < -0.4 is 9.62 Å². The summed E-state index contributed by atoms with van der Waals surface area (Å²) in [6.45, 7) is 6.28. The zero-order valence-electron chi connectivity index (χ0n) is 19.5. The molecule has 2 aromatic carbocycles. The number of hydrogen-bond donors (Lipinski definition) is 1. The Morgan fingerprint density at radius 3 is 2.36 bits per heavy atom. The quantitative estimate of drug-likeness (QED) is 0.516. The molecule has 0 aromatic heterocycles. The number of nitrogens with zero attached hydrogens (tertiary/aromatic N) is 2. The first-order valence-electron chi connectivity index (χ1n) is 10.9. The number of hydrogen-bond acceptors (Lipinski definition) is 4. The van der Waals surface area contributed by atoms with Crippen molar-refractivity contribution in [2.24, 2.45) is 0 Å². The summed E-state index contributed by atoms with van der Waals surface area (Å²) >= 11 is 6.08. The number of rotatable bonds is 11. The topological polar surface area (TPSA) is 86.8 Å². The number of carbonyl (C=O) groups is 2. The van der Waals surface area contributed by atoms with E-state index in [0.717, 1.165) is 17.4 Å². The molecule has 1 N–H and O–H groups in total. The minimum absolute atomic E-state index is 0.0994.